The van der Waals surface area contributed by atoms with E-state index in [9.17, 15) is 9.90 Å². The Balaban J connectivity index is 2.14. The quantitative estimate of drug-likeness (QED) is 0.406. The SMILES string of the molecule is COc1cccc(/C=C/C(=O)/C=C(O)/C=C/c2cccc(OC)c2OC)c1C. The molecule has 0 aliphatic heterocycles. The highest BCUT2D eigenvalue weighted by molar-refractivity contribution is 6.02. The van der Waals surface area contributed by atoms with Gasteiger partial charge in [0.05, 0.1) is 21.3 Å². The molecule has 0 spiro atoms. The molecule has 2 aromatic carbocycles. The van der Waals surface area contributed by atoms with Gasteiger partial charge in [0.2, 0.25) is 0 Å². The molecule has 0 saturated heterocycles. The van der Waals surface area contributed by atoms with Crippen LogP contribution in [0.25, 0.3) is 12.2 Å². The van der Waals surface area contributed by atoms with E-state index in [4.69, 9.17) is 14.2 Å². The van der Waals surface area contributed by atoms with Crippen LogP contribution in [-0.4, -0.2) is 32.2 Å². The van der Waals surface area contributed by atoms with Crippen LogP contribution in [0.3, 0.4) is 0 Å². The third kappa shape index (κ3) is 5.27. The molecule has 5 heteroatoms. The number of ketones is 1. The number of aliphatic hydroxyl groups excluding tert-OH is 1. The molecule has 0 heterocycles. The minimum Gasteiger partial charge on any atom is -0.508 e. The maximum Gasteiger partial charge on any atom is 0.182 e. The third-order valence-electron chi connectivity index (χ3n) is 4.13. The van der Waals surface area contributed by atoms with Crippen LogP contribution in [0.4, 0.5) is 0 Å². The van der Waals surface area contributed by atoms with Gasteiger partial charge in [-0.3, -0.25) is 4.79 Å². The molecule has 28 heavy (non-hydrogen) atoms. The second-order valence-corrected chi connectivity index (χ2v) is 5.90. The Morgan fingerprint density at radius 2 is 1.46 bits per heavy atom. The van der Waals surface area contributed by atoms with Gasteiger partial charge in [0, 0.05) is 11.6 Å². The van der Waals surface area contributed by atoms with Crippen molar-refractivity contribution < 1.29 is 24.1 Å². The minimum atomic E-state index is -0.332. The van der Waals surface area contributed by atoms with Crippen molar-refractivity contribution in [2.45, 2.75) is 6.92 Å². The van der Waals surface area contributed by atoms with E-state index in [1.54, 1.807) is 39.5 Å². The van der Waals surface area contributed by atoms with Gasteiger partial charge in [-0.2, -0.15) is 0 Å². The summed E-state index contributed by atoms with van der Waals surface area (Å²) in [5, 5.41) is 10.0. The number of aliphatic hydroxyl groups is 1. The van der Waals surface area contributed by atoms with Gasteiger partial charge >= 0.3 is 0 Å². The lowest BCUT2D eigenvalue weighted by molar-refractivity contribution is -0.110. The van der Waals surface area contributed by atoms with Crippen LogP contribution in [0, 0.1) is 6.92 Å². The molecule has 0 saturated carbocycles. The average Bonchev–Trinajstić information content (AvgIpc) is 2.71. The van der Waals surface area contributed by atoms with Crippen LogP contribution in [0.15, 0.2) is 60.4 Å². The summed E-state index contributed by atoms with van der Waals surface area (Å²) in [6, 6.07) is 11.0. The number of ether oxygens (including phenoxy) is 3. The van der Waals surface area contributed by atoms with Crippen molar-refractivity contribution >= 4 is 17.9 Å². The summed E-state index contributed by atoms with van der Waals surface area (Å²) in [5.74, 6) is 1.39. The first kappa shape index (κ1) is 20.8. The summed E-state index contributed by atoms with van der Waals surface area (Å²) < 4.78 is 15.8. The summed E-state index contributed by atoms with van der Waals surface area (Å²) in [6.07, 6.45) is 7.32. The van der Waals surface area contributed by atoms with E-state index in [-0.39, 0.29) is 11.5 Å². The smallest absolute Gasteiger partial charge is 0.182 e. The molecular weight excluding hydrogens is 356 g/mol. The van der Waals surface area contributed by atoms with Crippen molar-refractivity contribution in [1.29, 1.82) is 0 Å². The summed E-state index contributed by atoms with van der Waals surface area (Å²) in [6.45, 7) is 1.92. The number of allylic oxidation sites excluding steroid dienone is 3. The second kappa shape index (κ2) is 10.0. The number of hydrogen-bond acceptors (Lipinski definition) is 5. The molecule has 2 aromatic rings. The van der Waals surface area contributed by atoms with E-state index in [0.29, 0.717) is 11.5 Å². The van der Waals surface area contributed by atoms with E-state index in [1.807, 2.05) is 37.3 Å². The van der Waals surface area contributed by atoms with Gasteiger partial charge in [-0.05, 0) is 48.4 Å². The highest BCUT2D eigenvalue weighted by Gasteiger charge is 2.07. The summed E-state index contributed by atoms with van der Waals surface area (Å²) >= 11 is 0. The predicted molar refractivity (Wildman–Crippen MR) is 111 cm³/mol. The van der Waals surface area contributed by atoms with E-state index < -0.39 is 0 Å². The number of hydrogen-bond donors (Lipinski definition) is 1. The lowest BCUT2D eigenvalue weighted by Crippen LogP contribution is -1.93. The molecule has 5 nitrogen and oxygen atoms in total. The maximum atomic E-state index is 12.1. The van der Waals surface area contributed by atoms with Gasteiger partial charge in [0.15, 0.2) is 17.3 Å². The highest BCUT2D eigenvalue weighted by atomic mass is 16.5. The fourth-order valence-corrected chi connectivity index (χ4v) is 2.67. The number of benzene rings is 2. The molecule has 0 aliphatic carbocycles. The van der Waals surface area contributed by atoms with Crippen LogP contribution < -0.4 is 14.2 Å². The number of carbonyl (C=O) groups excluding carboxylic acids is 1. The highest BCUT2D eigenvalue weighted by Crippen LogP contribution is 2.31. The molecule has 0 bridgehead atoms. The number of rotatable bonds is 8. The molecule has 146 valence electrons. The van der Waals surface area contributed by atoms with Crippen molar-refractivity contribution in [3.05, 3.63) is 77.1 Å². The topological polar surface area (TPSA) is 65.0 Å². The normalized spacial score (nSPS) is 11.8. The Bertz CT molecular complexity index is 923. The molecule has 0 amide bonds. The fraction of sp³-hybridized carbons (Fsp3) is 0.174. The largest absolute Gasteiger partial charge is 0.508 e. The van der Waals surface area contributed by atoms with Crippen molar-refractivity contribution in [2.75, 3.05) is 21.3 Å². The molecule has 0 unspecified atom stereocenters. The number of methoxy groups -OCH3 is 3. The standard InChI is InChI=1S/C23H24O5/c1-16-17(7-5-9-21(16)26-2)11-13-19(24)15-20(25)14-12-18-8-6-10-22(27-3)23(18)28-4/h5-15,25H,1-4H3/b13-11+,14-12+,20-15-. The molecule has 0 radical (unpaired) electrons. The first-order valence-corrected chi connectivity index (χ1v) is 8.65. The van der Waals surface area contributed by atoms with Gasteiger partial charge in [-0.1, -0.05) is 30.3 Å². The first-order valence-electron chi connectivity index (χ1n) is 8.65. The first-order chi connectivity index (χ1) is 13.5. The molecule has 1 N–H and O–H groups in total. The second-order valence-electron chi connectivity index (χ2n) is 5.90. The monoisotopic (exact) mass is 380 g/mol. The zero-order chi connectivity index (χ0) is 20.5. The Kier molecular flexibility index (Phi) is 7.45. The lowest BCUT2D eigenvalue weighted by Gasteiger charge is -2.09. The zero-order valence-corrected chi connectivity index (χ0v) is 16.4. The Labute approximate surface area is 165 Å². The van der Waals surface area contributed by atoms with Gasteiger partial charge in [-0.15, -0.1) is 0 Å². The number of para-hydroxylation sites is 1. The molecule has 0 aromatic heterocycles. The summed E-state index contributed by atoms with van der Waals surface area (Å²) in [7, 11) is 4.70. The van der Waals surface area contributed by atoms with Gasteiger partial charge in [0.25, 0.3) is 0 Å². The average molecular weight is 380 g/mol. The summed E-state index contributed by atoms with van der Waals surface area (Å²) in [4.78, 5) is 12.1. The zero-order valence-electron chi connectivity index (χ0n) is 16.4. The third-order valence-corrected chi connectivity index (χ3v) is 4.13. The van der Waals surface area contributed by atoms with Crippen LogP contribution in [0.1, 0.15) is 16.7 Å². The molecule has 2 rings (SSSR count). The number of carbonyl (C=O) groups is 1. The van der Waals surface area contributed by atoms with Crippen molar-refractivity contribution in [1.82, 2.24) is 0 Å². The van der Waals surface area contributed by atoms with E-state index in [2.05, 4.69) is 0 Å². The Morgan fingerprint density at radius 1 is 0.857 bits per heavy atom. The van der Waals surface area contributed by atoms with Crippen LogP contribution >= 0.6 is 0 Å². The predicted octanol–water partition coefficient (Wildman–Crippen LogP) is 4.76. The lowest BCUT2D eigenvalue weighted by atomic mass is 10.1. The van der Waals surface area contributed by atoms with Crippen LogP contribution in [-0.2, 0) is 4.79 Å². The maximum absolute atomic E-state index is 12.1. The van der Waals surface area contributed by atoms with E-state index >= 15 is 0 Å². The van der Waals surface area contributed by atoms with Gasteiger partial charge in [0.1, 0.15) is 11.5 Å². The van der Waals surface area contributed by atoms with Crippen LogP contribution in [0.2, 0.25) is 0 Å². The molecule has 0 aliphatic rings. The minimum absolute atomic E-state index is 0.165. The van der Waals surface area contributed by atoms with Crippen molar-refractivity contribution in [3.8, 4) is 17.2 Å². The van der Waals surface area contributed by atoms with E-state index in [0.717, 1.165) is 28.5 Å². The van der Waals surface area contributed by atoms with E-state index in [1.165, 1.54) is 12.2 Å². The molecule has 0 fully saturated rings. The van der Waals surface area contributed by atoms with Crippen LogP contribution in [0.5, 0.6) is 17.2 Å². The molecule has 0 atom stereocenters. The molecular formula is C23H24O5. The van der Waals surface area contributed by atoms with Crippen molar-refractivity contribution in [2.24, 2.45) is 0 Å². The Morgan fingerprint density at radius 3 is 2.11 bits per heavy atom. The fourth-order valence-electron chi connectivity index (χ4n) is 2.67. The van der Waals surface area contributed by atoms with Crippen molar-refractivity contribution in [3.63, 3.8) is 0 Å². The van der Waals surface area contributed by atoms with Gasteiger partial charge < -0.3 is 19.3 Å². The Hall–Kier alpha value is -3.47. The van der Waals surface area contributed by atoms with Gasteiger partial charge in [-0.25, -0.2) is 0 Å². The summed E-state index contributed by atoms with van der Waals surface area (Å²) in [5.41, 5.74) is 2.53.